The number of nitriles is 1. The predicted molar refractivity (Wildman–Crippen MR) is 84.1 cm³/mol. The molecule has 0 aromatic heterocycles. The molecular weight excluding hydrogens is 296 g/mol. The van der Waals surface area contributed by atoms with Crippen molar-refractivity contribution in [3.63, 3.8) is 0 Å². The molecule has 1 saturated heterocycles. The molecule has 23 heavy (non-hydrogen) atoms. The van der Waals surface area contributed by atoms with Crippen LogP contribution in [0.2, 0.25) is 0 Å². The molecule has 2 amide bonds. The molecule has 2 rings (SSSR count). The zero-order valence-electron chi connectivity index (χ0n) is 13.5. The van der Waals surface area contributed by atoms with Gasteiger partial charge in [0.05, 0.1) is 25.2 Å². The van der Waals surface area contributed by atoms with Crippen molar-refractivity contribution >= 4 is 11.8 Å². The molecule has 128 valence electrons. The van der Waals surface area contributed by atoms with Crippen molar-refractivity contribution in [2.75, 3.05) is 26.3 Å². The third-order valence-corrected chi connectivity index (χ3v) is 4.64. The first kappa shape index (κ1) is 17.7. The highest BCUT2D eigenvalue weighted by molar-refractivity contribution is 5.80. The Kier molecular flexibility index (Phi) is 6.81. The standard InChI is InChI=1S/C16H26N4O3/c17-11-12(5-6-15(21)20-7-9-23-10-8-20)19-16(22)13-3-1-2-4-14(13)18/h12-14H,1-10,18H2,(H,19,22)/t12-,13+,14-/m0/s1. The molecule has 1 heterocycles. The molecule has 7 heteroatoms. The highest BCUT2D eigenvalue weighted by atomic mass is 16.5. The molecule has 0 unspecified atom stereocenters. The van der Waals surface area contributed by atoms with Crippen molar-refractivity contribution < 1.29 is 14.3 Å². The fourth-order valence-electron chi connectivity index (χ4n) is 3.17. The van der Waals surface area contributed by atoms with E-state index in [1.54, 1.807) is 4.90 Å². The second-order valence-electron chi connectivity index (χ2n) is 6.28. The molecule has 0 radical (unpaired) electrons. The fraction of sp³-hybridized carbons (Fsp3) is 0.812. The van der Waals surface area contributed by atoms with Gasteiger partial charge in [-0.3, -0.25) is 9.59 Å². The van der Waals surface area contributed by atoms with Gasteiger partial charge in [-0.15, -0.1) is 0 Å². The van der Waals surface area contributed by atoms with Gasteiger partial charge in [-0.05, 0) is 19.3 Å². The van der Waals surface area contributed by atoms with Crippen LogP contribution in [0.15, 0.2) is 0 Å². The van der Waals surface area contributed by atoms with Crippen molar-refractivity contribution in [3.8, 4) is 6.07 Å². The highest BCUT2D eigenvalue weighted by Crippen LogP contribution is 2.23. The van der Waals surface area contributed by atoms with E-state index >= 15 is 0 Å². The Labute approximate surface area is 137 Å². The van der Waals surface area contributed by atoms with Crippen LogP contribution < -0.4 is 11.1 Å². The first-order valence-corrected chi connectivity index (χ1v) is 8.43. The molecule has 0 bridgehead atoms. The van der Waals surface area contributed by atoms with Crippen LogP contribution >= 0.6 is 0 Å². The van der Waals surface area contributed by atoms with E-state index in [1.165, 1.54) is 0 Å². The molecule has 3 N–H and O–H groups in total. The molecule has 1 aliphatic heterocycles. The lowest BCUT2D eigenvalue weighted by Crippen LogP contribution is -2.47. The summed E-state index contributed by atoms with van der Waals surface area (Å²) >= 11 is 0. The fourth-order valence-corrected chi connectivity index (χ4v) is 3.17. The van der Waals surface area contributed by atoms with Gasteiger partial charge in [-0.2, -0.15) is 5.26 Å². The van der Waals surface area contributed by atoms with E-state index in [0.717, 1.165) is 25.7 Å². The van der Waals surface area contributed by atoms with Crippen molar-refractivity contribution in [3.05, 3.63) is 0 Å². The van der Waals surface area contributed by atoms with E-state index in [9.17, 15) is 14.9 Å². The summed E-state index contributed by atoms with van der Waals surface area (Å²) in [5.41, 5.74) is 6.00. The van der Waals surface area contributed by atoms with E-state index in [1.807, 2.05) is 0 Å². The normalized spacial score (nSPS) is 26.2. The summed E-state index contributed by atoms with van der Waals surface area (Å²) in [5.74, 6) is -0.353. The van der Waals surface area contributed by atoms with Gasteiger partial charge in [0.1, 0.15) is 6.04 Å². The van der Waals surface area contributed by atoms with Crippen molar-refractivity contribution in [2.45, 2.75) is 50.6 Å². The number of nitrogens with two attached hydrogens (primary N) is 1. The van der Waals surface area contributed by atoms with Crippen LogP contribution in [0.5, 0.6) is 0 Å². The van der Waals surface area contributed by atoms with Crippen LogP contribution in [-0.2, 0) is 14.3 Å². The monoisotopic (exact) mass is 322 g/mol. The summed E-state index contributed by atoms with van der Waals surface area (Å²) in [6.45, 7) is 2.31. The minimum atomic E-state index is -0.637. The smallest absolute Gasteiger partial charge is 0.225 e. The lowest BCUT2D eigenvalue weighted by atomic mass is 9.84. The van der Waals surface area contributed by atoms with E-state index in [2.05, 4.69) is 11.4 Å². The minimum absolute atomic E-state index is 0.0113. The summed E-state index contributed by atoms with van der Waals surface area (Å²) in [6.07, 6.45) is 4.28. The molecule has 2 fully saturated rings. The van der Waals surface area contributed by atoms with Crippen molar-refractivity contribution in [2.24, 2.45) is 11.7 Å². The molecular formula is C16H26N4O3. The molecule has 0 aromatic rings. The van der Waals surface area contributed by atoms with E-state index in [0.29, 0.717) is 32.7 Å². The number of carbonyl (C=O) groups is 2. The largest absolute Gasteiger partial charge is 0.378 e. The summed E-state index contributed by atoms with van der Waals surface area (Å²) in [4.78, 5) is 26.1. The number of rotatable bonds is 5. The lowest BCUT2D eigenvalue weighted by Gasteiger charge is -2.29. The van der Waals surface area contributed by atoms with Gasteiger partial charge in [0.2, 0.25) is 11.8 Å². The van der Waals surface area contributed by atoms with Gasteiger partial charge in [0.15, 0.2) is 0 Å². The number of ether oxygens (including phenoxy) is 1. The second-order valence-corrected chi connectivity index (χ2v) is 6.28. The predicted octanol–water partition coefficient (Wildman–Crippen LogP) is 0.151. The number of amides is 2. The Bertz CT molecular complexity index is 457. The maximum Gasteiger partial charge on any atom is 0.225 e. The molecule has 3 atom stereocenters. The number of nitrogens with zero attached hydrogens (tertiary/aromatic N) is 2. The van der Waals surface area contributed by atoms with E-state index in [4.69, 9.17) is 10.5 Å². The van der Waals surface area contributed by atoms with Crippen LogP contribution in [0.1, 0.15) is 38.5 Å². The molecule has 7 nitrogen and oxygen atoms in total. The third kappa shape index (κ3) is 5.19. The van der Waals surface area contributed by atoms with Crippen LogP contribution in [0, 0.1) is 17.2 Å². The van der Waals surface area contributed by atoms with Crippen LogP contribution in [0.25, 0.3) is 0 Å². The van der Waals surface area contributed by atoms with E-state index in [-0.39, 0.29) is 30.2 Å². The first-order valence-electron chi connectivity index (χ1n) is 8.43. The first-order chi connectivity index (χ1) is 11.1. The zero-order valence-corrected chi connectivity index (χ0v) is 13.5. The van der Waals surface area contributed by atoms with Gasteiger partial charge < -0.3 is 20.7 Å². The second kappa shape index (κ2) is 8.85. The molecule has 1 saturated carbocycles. The Balaban J connectivity index is 1.77. The Hall–Kier alpha value is -1.65. The summed E-state index contributed by atoms with van der Waals surface area (Å²) in [5, 5.41) is 12.0. The van der Waals surface area contributed by atoms with Crippen LogP contribution in [0.3, 0.4) is 0 Å². The average Bonchev–Trinajstić information content (AvgIpc) is 2.59. The molecule has 2 aliphatic rings. The number of carbonyl (C=O) groups excluding carboxylic acids is 2. The third-order valence-electron chi connectivity index (χ3n) is 4.64. The summed E-state index contributed by atoms with van der Waals surface area (Å²) < 4.78 is 5.21. The minimum Gasteiger partial charge on any atom is -0.378 e. The molecule has 1 aliphatic carbocycles. The topological polar surface area (TPSA) is 108 Å². The average molecular weight is 322 g/mol. The van der Waals surface area contributed by atoms with Crippen LogP contribution in [-0.4, -0.2) is 55.1 Å². The maximum atomic E-state index is 12.3. The number of hydrogen-bond acceptors (Lipinski definition) is 5. The number of morpholine rings is 1. The van der Waals surface area contributed by atoms with E-state index < -0.39 is 6.04 Å². The van der Waals surface area contributed by atoms with Gasteiger partial charge in [0, 0.05) is 25.6 Å². The van der Waals surface area contributed by atoms with Gasteiger partial charge >= 0.3 is 0 Å². The molecule has 0 spiro atoms. The highest BCUT2D eigenvalue weighted by Gasteiger charge is 2.29. The lowest BCUT2D eigenvalue weighted by molar-refractivity contribution is -0.135. The van der Waals surface area contributed by atoms with Gasteiger partial charge in [-0.25, -0.2) is 0 Å². The quantitative estimate of drug-likeness (QED) is 0.749. The Morgan fingerprint density at radius 1 is 1.30 bits per heavy atom. The summed E-state index contributed by atoms with van der Waals surface area (Å²) in [6, 6.07) is 1.31. The molecule has 0 aromatic carbocycles. The zero-order chi connectivity index (χ0) is 16.7. The number of hydrogen-bond donors (Lipinski definition) is 2. The SMILES string of the molecule is N#C[C@H](CCC(=O)N1CCOCC1)NC(=O)[C@@H]1CCCC[C@@H]1N. The van der Waals surface area contributed by atoms with Crippen molar-refractivity contribution in [1.29, 1.82) is 5.26 Å². The number of nitrogens with one attached hydrogen (secondary N) is 1. The van der Waals surface area contributed by atoms with Crippen LogP contribution in [0.4, 0.5) is 0 Å². The maximum absolute atomic E-state index is 12.3. The van der Waals surface area contributed by atoms with Gasteiger partial charge in [-0.1, -0.05) is 12.8 Å². The Morgan fingerprint density at radius 2 is 2.00 bits per heavy atom. The summed E-state index contributed by atoms with van der Waals surface area (Å²) in [7, 11) is 0. The van der Waals surface area contributed by atoms with Gasteiger partial charge in [0.25, 0.3) is 0 Å². The van der Waals surface area contributed by atoms with Crippen molar-refractivity contribution in [1.82, 2.24) is 10.2 Å². The Morgan fingerprint density at radius 3 is 2.65 bits per heavy atom.